The number of aliphatic carboxylic acids is 1. The Morgan fingerprint density at radius 2 is 2.13 bits per heavy atom. The number of hydrogen-bond acceptors (Lipinski definition) is 3. The fraction of sp³-hybridized carbons (Fsp3) is 0.909. The summed E-state index contributed by atoms with van der Waals surface area (Å²) in [7, 11) is 0. The fourth-order valence-electron chi connectivity index (χ4n) is 2.68. The molecular formula is C11H20N2O2. The van der Waals surface area contributed by atoms with E-state index in [1.165, 1.54) is 25.8 Å². The number of fused-ring (bicyclic) bond motifs is 1. The van der Waals surface area contributed by atoms with E-state index in [1.807, 2.05) is 0 Å². The predicted molar refractivity (Wildman–Crippen MR) is 57.9 cm³/mol. The van der Waals surface area contributed by atoms with Crippen LogP contribution in [0.2, 0.25) is 0 Å². The van der Waals surface area contributed by atoms with E-state index in [-0.39, 0.29) is 6.42 Å². The molecule has 2 aliphatic rings. The van der Waals surface area contributed by atoms with Gasteiger partial charge in [0.05, 0.1) is 6.42 Å². The number of carboxylic acids is 1. The number of rotatable bonds is 3. The Balaban J connectivity index is 1.78. The van der Waals surface area contributed by atoms with E-state index >= 15 is 0 Å². The third kappa shape index (κ3) is 2.92. The highest BCUT2D eigenvalue weighted by Crippen LogP contribution is 2.20. The van der Waals surface area contributed by atoms with E-state index in [0.29, 0.717) is 6.04 Å². The maximum Gasteiger partial charge on any atom is 0.304 e. The van der Waals surface area contributed by atoms with Crippen LogP contribution < -0.4 is 0 Å². The van der Waals surface area contributed by atoms with Crippen molar-refractivity contribution >= 4 is 5.97 Å². The lowest BCUT2D eigenvalue weighted by Crippen LogP contribution is -2.54. The van der Waals surface area contributed by atoms with Gasteiger partial charge in [-0.25, -0.2) is 0 Å². The molecule has 2 saturated heterocycles. The first-order valence-electron chi connectivity index (χ1n) is 5.94. The Bertz CT molecular complexity index is 233. The molecule has 1 atom stereocenters. The number of carbonyl (C=O) groups is 1. The van der Waals surface area contributed by atoms with Gasteiger partial charge in [0, 0.05) is 32.2 Å². The molecule has 0 aromatic rings. The van der Waals surface area contributed by atoms with Crippen LogP contribution in [0.3, 0.4) is 0 Å². The summed E-state index contributed by atoms with van der Waals surface area (Å²) in [6, 6.07) is 0.696. The Labute approximate surface area is 90.9 Å². The summed E-state index contributed by atoms with van der Waals surface area (Å²) in [5.74, 6) is -0.680. The van der Waals surface area contributed by atoms with Gasteiger partial charge in [-0.05, 0) is 19.4 Å². The van der Waals surface area contributed by atoms with E-state index in [2.05, 4.69) is 9.80 Å². The maximum absolute atomic E-state index is 10.5. The van der Waals surface area contributed by atoms with Gasteiger partial charge in [0.15, 0.2) is 0 Å². The molecule has 0 saturated carbocycles. The molecule has 15 heavy (non-hydrogen) atoms. The van der Waals surface area contributed by atoms with E-state index < -0.39 is 5.97 Å². The van der Waals surface area contributed by atoms with Crippen LogP contribution >= 0.6 is 0 Å². The molecule has 0 amide bonds. The van der Waals surface area contributed by atoms with Gasteiger partial charge in [-0.1, -0.05) is 6.42 Å². The summed E-state index contributed by atoms with van der Waals surface area (Å²) in [5, 5.41) is 8.64. The molecule has 0 aliphatic carbocycles. The van der Waals surface area contributed by atoms with Crippen LogP contribution in [0.5, 0.6) is 0 Å². The minimum Gasteiger partial charge on any atom is -0.481 e. The van der Waals surface area contributed by atoms with Crippen LogP contribution in [0.1, 0.15) is 25.7 Å². The van der Waals surface area contributed by atoms with Crippen LogP contribution in [-0.2, 0) is 4.79 Å². The van der Waals surface area contributed by atoms with Crippen LogP contribution in [-0.4, -0.2) is 59.6 Å². The van der Waals surface area contributed by atoms with E-state index in [1.54, 1.807) is 0 Å². The second-order valence-electron chi connectivity index (χ2n) is 4.63. The van der Waals surface area contributed by atoms with Crippen molar-refractivity contribution in [2.45, 2.75) is 31.7 Å². The zero-order chi connectivity index (χ0) is 10.7. The first kappa shape index (κ1) is 10.9. The maximum atomic E-state index is 10.5. The average Bonchev–Trinajstić information content (AvgIpc) is 2.26. The molecule has 0 radical (unpaired) electrons. The normalized spacial score (nSPS) is 28.7. The smallest absolute Gasteiger partial charge is 0.304 e. The molecule has 4 heteroatoms. The Hall–Kier alpha value is -0.610. The summed E-state index contributed by atoms with van der Waals surface area (Å²) in [6.07, 6.45) is 4.26. The van der Waals surface area contributed by atoms with E-state index in [0.717, 1.165) is 26.2 Å². The van der Waals surface area contributed by atoms with Gasteiger partial charge in [0.2, 0.25) is 0 Å². The average molecular weight is 212 g/mol. The predicted octanol–water partition coefficient (Wildman–Crippen LogP) is 0.631. The Morgan fingerprint density at radius 3 is 2.93 bits per heavy atom. The lowest BCUT2D eigenvalue weighted by molar-refractivity contribution is -0.137. The monoisotopic (exact) mass is 212 g/mol. The van der Waals surface area contributed by atoms with Crippen molar-refractivity contribution in [2.75, 3.05) is 32.7 Å². The van der Waals surface area contributed by atoms with Gasteiger partial charge in [0.25, 0.3) is 0 Å². The number of piperidine rings is 1. The zero-order valence-corrected chi connectivity index (χ0v) is 9.19. The molecule has 2 aliphatic heterocycles. The quantitative estimate of drug-likeness (QED) is 0.745. The van der Waals surface area contributed by atoms with Crippen molar-refractivity contribution in [1.82, 2.24) is 9.80 Å². The molecule has 2 rings (SSSR count). The SMILES string of the molecule is O=C(O)CCN1CCN2CCCCC2C1. The van der Waals surface area contributed by atoms with Crippen molar-refractivity contribution in [2.24, 2.45) is 0 Å². The van der Waals surface area contributed by atoms with Crippen molar-refractivity contribution in [3.63, 3.8) is 0 Å². The van der Waals surface area contributed by atoms with Crippen LogP contribution in [0.4, 0.5) is 0 Å². The first-order chi connectivity index (χ1) is 7.25. The standard InChI is InChI=1S/C11H20N2O2/c14-11(15)4-6-12-7-8-13-5-2-1-3-10(13)9-12/h10H,1-9H2,(H,14,15). The zero-order valence-electron chi connectivity index (χ0n) is 9.19. The van der Waals surface area contributed by atoms with Gasteiger partial charge in [-0.15, -0.1) is 0 Å². The second kappa shape index (κ2) is 4.94. The van der Waals surface area contributed by atoms with Gasteiger partial charge in [0.1, 0.15) is 0 Å². The van der Waals surface area contributed by atoms with Gasteiger partial charge in [-0.3, -0.25) is 14.6 Å². The van der Waals surface area contributed by atoms with Gasteiger partial charge < -0.3 is 5.11 Å². The molecule has 2 fully saturated rings. The molecule has 0 aromatic carbocycles. The molecule has 1 N–H and O–H groups in total. The molecule has 2 heterocycles. The highest BCUT2D eigenvalue weighted by atomic mass is 16.4. The minimum absolute atomic E-state index is 0.284. The van der Waals surface area contributed by atoms with Gasteiger partial charge in [-0.2, -0.15) is 0 Å². The van der Waals surface area contributed by atoms with Crippen molar-refractivity contribution in [3.05, 3.63) is 0 Å². The van der Waals surface area contributed by atoms with E-state index in [9.17, 15) is 4.79 Å². The molecular weight excluding hydrogens is 192 g/mol. The molecule has 86 valence electrons. The number of piperazine rings is 1. The van der Waals surface area contributed by atoms with Gasteiger partial charge >= 0.3 is 5.97 Å². The topological polar surface area (TPSA) is 43.8 Å². The largest absolute Gasteiger partial charge is 0.481 e. The number of hydrogen-bond donors (Lipinski definition) is 1. The third-order valence-corrected chi connectivity index (χ3v) is 3.56. The summed E-state index contributed by atoms with van der Waals surface area (Å²) in [6.45, 7) is 5.22. The summed E-state index contributed by atoms with van der Waals surface area (Å²) >= 11 is 0. The highest BCUT2D eigenvalue weighted by Gasteiger charge is 2.28. The third-order valence-electron chi connectivity index (χ3n) is 3.56. The summed E-state index contributed by atoms with van der Waals surface area (Å²) in [5.41, 5.74) is 0. The molecule has 1 unspecified atom stereocenters. The second-order valence-corrected chi connectivity index (χ2v) is 4.63. The number of nitrogens with zero attached hydrogens (tertiary/aromatic N) is 2. The minimum atomic E-state index is -0.680. The molecule has 0 aromatic heterocycles. The van der Waals surface area contributed by atoms with Crippen molar-refractivity contribution in [1.29, 1.82) is 0 Å². The number of carboxylic acid groups (broad SMARTS) is 1. The van der Waals surface area contributed by atoms with Crippen LogP contribution in [0, 0.1) is 0 Å². The lowest BCUT2D eigenvalue weighted by atomic mass is 9.99. The molecule has 0 bridgehead atoms. The first-order valence-corrected chi connectivity index (χ1v) is 5.94. The lowest BCUT2D eigenvalue weighted by Gasteiger charge is -2.44. The summed E-state index contributed by atoms with van der Waals surface area (Å²) in [4.78, 5) is 15.4. The van der Waals surface area contributed by atoms with Crippen LogP contribution in [0.15, 0.2) is 0 Å². The highest BCUT2D eigenvalue weighted by molar-refractivity contribution is 5.66. The fourth-order valence-corrected chi connectivity index (χ4v) is 2.68. The van der Waals surface area contributed by atoms with Crippen molar-refractivity contribution in [3.8, 4) is 0 Å². The Kier molecular flexibility index (Phi) is 3.59. The van der Waals surface area contributed by atoms with E-state index in [4.69, 9.17) is 5.11 Å². The molecule has 0 spiro atoms. The molecule has 4 nitrogen and oxygen atoms in total. The summed E-state index contributed by atoms with van der Waals surface area (Å²) < 4.78 is 0. The van der Waals surface area contributed by atoms with Crippen LogP contribution in [0.25, 0.3) is 0 Å². The Morgan fingerprint density at radius 1 is 1.27 bits per heavy atom. The van der Waals surface area contributed by atoms with Crippen molar-refractivity contribution < 1.29 is 9.90 Å².